The fraction of sp³-hybridized carbons (Fsp3) is 1.00. The summed E-state index contributed by atoms with van der Waals surface area (Å²) >= 11 is 0. The normalized spacial score (nSPS) is 11.4. The van der Waals surface area contributed by atoms with Gasteiger partial charge < -0.3 is 5.32 Å². The van der Waals surface area contributed by atoms with Gasteiger partial charge in [-0.3, -0.25) is 0 Å². The summed E-state index contributed by atoms with van der Waals surface area (Å²) in [7, 11) is 5.41. The Morgan fingerprint density at radius 1 is 1.30 bits per heavy atom. The molecule has 0 saturated heterocycles. The third-order valence-electron chi connectivity index (χ3n) is 1.34. The first-order chi connectivity index (χ1) is 4.63. The summed E-state index contributed by atoms with van der Waals surface area (Å²) < 4.78 is 0. The van der Waals surface area contributed by atoms with Gasteiger partial charge in [0.25, 0.3) is 0 Å². The minimum absolute atomic E-state index is 0.479. The van der Waals surface area contributed by atoms with Crippen LogP contribution in [0.15, 0.2) is 0 Å². The van der Waals surface area contributed by atoms with Crippen LogP contribution in [0.3, 0.4) is 0 Å². The van der Waals surface area contributed by atoms with E-state index >= 15 is 0 Å². The van der Waals surface area contributed by atoms with E-state index in [0.717, 1.165) is 12.5 Å². The maximum atomic E-state index is 3.33. The van der Waals surface area contributed by atoms with Crippen LogP contribution in [0.2, 0.25) is 0 Å². The summed E-state index contributed by atoms with van der Waals surface area (Å²) in [6.07, 6.45) is 2.62. The summed E-state index contributed by atoms with van der Waals surface area (Å²) in [5, 5.41) is 3.33. The number of hydrogen-bond acceptors (Lipinski definition) is 1. The van der Waals surface area contributed by atoms with E-state index in [9.17, 15) is 0 Å². The first kappa shape index (κ1) is 10.8. The number of nitrogens with one attached hydrogen (secondary N) is 1. The number of hydrogen-bond donors (Lipinski definition) is 1. The predicted octanol–water partition coefficient (Wildman–Crippen LogP) is 2.05. The van der Waals surface area contributed by atoms with Crippen molar-refractivity contribution in [3.63, 3.8) is 0 Å². The molecule has 0 radical (unpaired) electrons. The van der Waals surface area contributed by atoms with Gasteiger partial charge in [0, 0.05) is 5.52 Å². The molecule has 1 N–H and O–H groups in total. The quantitative estimate of drug-likeness (QED) is 0.503. The molecule has 62 valence electrons. The predicted molar refractivity (Wildman–Crippen MR) is 55.3 cm³/mol. The van der Waals surface area contributed by atoms with Gasteiger partial charge >= 0.3 is 0 Å². The second-order valence-corrected chi connectivity index (χ2v) is 5.22. The van der Waals surface area contributed by atoms with Crippen molar-refractivity contribution in [3.8, 4) is 0 Å². The van der Waals surface area contributed by atoms with E-state index in [1.807, 2.05) is 0 Å². The van der Waals surface area contributed by atoms with Crippen LogP contribution in [0.5, 0.6) is 0 Å². The highest BCUT2D eigenvalue weighted by molar-refractivity contribution is 7.37. The molecule has 2 atom stereocenters. The lowest BCUT2D eigenvalue weighted by molar-refractivity contribution is 0.537. The molecule has 0 bridgehead atoms. The van der Waals surface area contributed by atoms with Gasteiger partial charge in [0.1, 0.15) is 0 Å². The third kappa shape index (κ3) is 8.82. The standard InChI is InChI=1S/C7H19NP2/c1-6(2)4-3-5-8-7(9)10/h6-8H,3-5,9-10H2,1-2H3. The zero-order valence-corrected chi connectivity index (χ0v) is 9.24. The molecule has 0 rings (SSSR count). The van der Waals surface area contributed by atoms with E-state index in [-0.39, 0.29) is 0 Å². The highest BCUT2D eigenvalue weighted by atomic mass is 31.1. The molecule has 0 aliphatic heterocycles. The van der Waals surface area contributed by atoms with E-state index in [0.29, 0.717) is 5.52 Å². The Hall–Kier alpha value is 0.820. The van der Waals surface area contributed by atoms with Crippen molar-refractivity contribution in [2.24, 2.45) is 5.92 Å². The molecule has 0 aliphatic rings. The van der Waals surface area contributed by atoms with E-state index in [2.05, 4.69) is 37.6 Å². The lowest BCUT2D eigenvalue weighted by Crippen LogP contribution is -2.18. The molecule has 0 aliphatic carbocycles. The molecule has 2 unspecified atom stereocenters. The second kappa shape index (κ2) is 6.53. The van der Waals surface area contributed by atoms with Gasteiger partial charge in [-0.05, 0) is 25.3 Å². The third-order valence-corrected chi connectivity index (χ3v) is 1.81. The molecular formula is C7H19NP2. The topological polar surface area (TPSA) is 12.0 Å². The first-order valence-electron chi connectivity index (χ1n) is 3.87. The average Bonchev–Trinajstić information content (AvgIpc) is 1.79. The Kier molecular flexibility index (Phi) is 7.06. The first-order valence-corrected chi connectivity index (χ1v) is 5.21. The van der Waals surface area contributed by atoms with E-state index in [1.54, 1.807) is 0 Å². The maximum Gasteiger partial charge on any atom is 0.0351 e. The molecule has 3 heteroatoms. The van der Waals surface area contributed by atoms with Crippen LogP contribution in [0.25, 0.3) is 0 Å². The Labute approximate surface area is 69.1 Å². The van der Waals surface area contributed by atoms with Gasteiger partial charge in [0.15, 0.2) is 0 Å². The van der Waals surface area contributed by atoms with E-state index in [4.69, 9.17) is 0 Å². The molecule has 0 fully saturated rings. The zero-order chi connectivity index (χ0) is 7.98. The molecule has 0 amide bonds. The molecule has 0 aromatic rings. The van der Waals surface area contributed by atoms with Gasteiger partial charge in [0.2, 0.25) is 0 Å². The smallest absolute Gasteiger partial charge is 0.0351 e. The molecule has 0 aromatic heterocycles. The van der Waals surface area contributed by atoms with Crippen molar-refractivity contribution in [1.82, 2.24) is 5.32 Å². The summed E-state index contributed by atoms with van der Waals surface area (Å²) in [4.78, 5) is 0. The monoisotopic (exact) mass is 179 g/mol. The minimum Gasteiger partial charge on any atom is -0.307 e. The van der Waals surface area contributed by atoms with Crippen molar-refractivity contribution in [2.75, 3.05) is 6.54 Å². The molecule has 0 saturated carbocycles. The van der Waals surface area contributed by atoms with Crippen molar-refractivity contribution >= 4 is 18.5 Å². The average molecular weight is 179 g/mol. The van der Waals surface area contributed by atoms with Crippen LogP contribution in [0.1, 0.15) is 26.7 Å². The largest absolute Gasteiger partial charge is 0.307 e. The molecular weight excluding hydrogens is 160 g/mol. The van der Waals surface area contributed by atoms with E-state index in [1.165, 1.54) is 12.8 Å². The fourth-order valence-corrected chi connectivity index (χ4v) is 1.11. The molecule has 0 aromatic carbocycles. The maximum absolute atomic E-state index is 3.33. The Morgan fingerprint density at radius 2 is 1.90 bits per heavy atom. The van der Waals surface area contributed by atoms with Crippen LogP contribution in [-0.4, -0.2) is 12.1 Å². The molecule has 0 heterocycles. The molecule has 10 heavy (non-hydrogen) atoms. The lowest BCUT2D eigenvalue weighted by atomic mass is 10.1. The minimum atomic E-state index is 0.479. The Morgan fingerprint density at radius 3 is 2.30 bits per heavy atom. The zero-order valence-electron chi connectivity index (χ0n) is 6.93. The van der Waals surface area contributed by atoms with Gasteiger partial charge in [0.05, 0.1) is 0 Å². The van der Waals surface area contributed by atoms with Crippen LogP contribution in [0, 0.1) is 5.92 Å². The lowest BCUT2D eigenvalue weighted by Gasteiger charge is -2.08. The summed E-state index contributed by atoms with van der Waals surface area (Å²) in [6, 6.07) is 0. The second-order valence-electron chi connectivity index (χ2n) is 3.02. The van der Waals surface area contributed by atoms with Gasteiger partial charge in [-0.1, -0.05) is 13.8 Å². The van der Waals surface area contributed by atoms with Crippen LogP contribution in [-0.2, 0) is 0 Å². The van der Waals surface area contributed by atoms with Crippen molar-refractivity contribution < 1.29 is 0 Å². The van der Waals surface area contributed by atoms with Crippen molar-refractivity contribution in [2.45, 2.75) is 32.2 Å². The molecule has 0 spiro atoms. The van der Waals surface area contributed by atoms with Gasteiger partial charge in [-0.25, -0.2) is 0 Å². The van der Waals surface area contributed by atoms with Crippen molar-refractivity contribution in [1.29, 1.82) is 0 Å². The van der Waals surface area contributed by atoms with Crippen LogP contribution >= 0.6 is 18.5 Å². The van der Waals surface area contributed by atoms with Gasteiger partial charge in [-0.15, -0.1) is 18.5 Å². The Balaban J connectivity index is 2.91. The summed E-state index contributed by atoms with van der Waals surface area (Å²) in [5.41, 5.74) is 0.479. The fourth-order valence-electron chi connectivity index (χ4n) is 0.779. The highest BCUT2D eigenvalue weighted by Gasteiger charge is 1.94. The Bertz CT molecular complexity index is 64.0. The highest BCUT2D eigenvalue weighted by Crippen LogP contribution is 2.06. The van der Waals surface area contributed by atoms with Crippen molar-refractivity contribution in [3.05, 3.63) is 0 Å². The SMILES string of the molecule is CC(C)CCCNC(P)P. The number of rotatable bonds is 5. The van der Waals surface area contributed by atoms with Crippen LogP contribution < -0.4 is 5.32 Å². The molecule has 1 nitrogen and oxygen atoms in total. The van der Waals surface area contributed by atoms with Gasteiger partial charge in [-0.2, -0.15) is 0 Å². The van der Waals surface area contributed by atoms with E-state index < -0.39 is 0 Å². The summed E-state index contributed by atoms with van der Waals surface area (Å²) in [6.45, 7) is 5.66. The van der Waals surface area contributed by atoms with Crippen LogP contribution in [0.4, 0.5) is 0 Å². The summed E-state index contributed by atoms with van der Waals surface area (Å²) in [5.74, 6) is 0.842.